The molecule has 0 aliphatic rings. The van der Waals surface area contributed by atoms with E-state index in [9.17, 15) is 9.18 Å². The Balaban J connectivity index is 2.57. The number of carbonyl (C=O) groups excluding carboxylic acids is 1. The molecule has 0 amide bonds. The molecule has 0 bridgehead atoms. The number of aromatic nitrogens is 1. The summed E-state index contributed by atoms with van der Waals surface area (Å²) in [6, 6.07) is 6.90. The van der Waals surface area contributed by atoms with Crippen molar-refractivity contribution in [2.45, 2.75) is 6.42 Å². The number of hydrogen-bond donors (Lipinski definition) is 0. The Morgan fingerprint density at radius 1 is 1.47 bits per heavy atom. The van der Waals surface area contributed by atoms with E-state index in [-0.39, 0.29) is 17.1 Å². The summed E-state index contributed by atoms with van der Waals surface area (Å²) in [5.74, 6) is -1.22. The minimum atomic E-state index is -0.671. The molecule has 3 nitrogen and oxygen atoms in total. The highest BCUT2D eigenvalue weighted by molar-refractivity contribution is 6.35. The number of ether oxygens (including phenoxy) is 1. The molecule has 2 rings (SSSR count). The van der Waals surface area contributed by atoms with Gasteiger partial charge in [0.1, 0.15) is 0 Å². The van der Waals surface area contributed by atoms with E-state index >= 15 is 0 Å². The van der Waals surface area contributed by atoms with Crippen molar-refractivity contribution in [1.82, 2.24) is 4.98 Å². The molecule has 88 valence electrons. The van der Waals surface area contributed by atoms with E-state index in [1.807, 2.05) is 0 Å². The van der Waals surface area contributed by atoms with Crippen LogP contribution in [0.5, 0.6) is 0 Å². The molecular formula is C12H9ClFNO2. The number of methoxy groups -OCH3 is 1. The van der Waals surface area contributed by atoms with Gasteiger partial charge in [-0.05, 0) is 6.07 Å². The van der Waals surface area contributed by atoms with Gasteiger partial charge in [0.2, 0.25) is 0 Å². The number of nitrogens with zero attached hydrogens (tertiary/aromatic N) is 1. The summed E-state index contributed by atoms with van der Waals surface area (Å²) in [6.07, 6.45) is -0.229. The smallest absolute Gasteiger partial charge is 0.311 e. The van der Waals surface area contributed by atoms with Crippen molar-refractivity contribution in [2.24, 2.45) is 0 Å². The molecule has 0 saturated heterocycles. The van der Waals surface area contributed by atoms with Gasteiger partial charge in [0.25, 0.3) is 0 Å². The number of rotatable bonds is 2. The molecule has 0 N–H and O–H groups in total. The lowest BCUT2D eigenvalue weighted by atomic mass is 10.1. The van der Waals surface area contributed by atoms with E-state index in [4.69, 9.17) is 11.6 Å². The maximum absolute atomic E-state index is 13.8. The monoisotopic (exact) mass is 253 g/mol. The van der Waals surface area contributed by atoms with Gasteiger partial charge >= 0.3 is 5.97 Å². The highest BCUT2D eigenvalue weighted by Crippen LogP contribution is 2.27. The molecule has 1 aromatic carbocycles. The van der Waals surface area contributed by atoms with E-state index < -0.39 is 11.8 Å². The van der Waals surface area contributed by atoms with Crippen LogP contribution < -0.4 is 0 Å². The molecule has 1 aromatic heterocycles. The Labute approximate surface area is 102 Å². The molecule has 0 radical (unpaired) electrons. The number of benzene rings is 1. The van der Waals surface area contributed by atoms with Gasteiger partial charge in [-0.15, -0.1) is 0 Å². The van der Waals surface area contributed by atoms with Gasteiger partial charge in [-0.1, -0.05) is 29.8 Å². The number of pyridine rings is 1. The second-order valence-electron chi connectivity index (χ2n) is 3.46. The molecule has 0 saturated carbocycles. The lowest BCUT2D eigenvalue weighted by Gasteiger charge is -2.06. The molecule has 0 fully saturated rings. The normalized spacial score (nSPS) is 10.5. The third kappa shape index (κ3) is 2.22. The Bertz CT molecular complexity index is 586. The van der Waals surface area contributed by atoms with Crippen molar-refractivity contribution < 1.29 is 13.9 Å². The molecule has 5 heteroatoms. The van der Waals surface area contributed by atoms with E-state index in [2.05, 4.69) is 9.72 Å². The molecule has 0 atom stereocenters. The van der Waals surface area contributed by atoms with Gasteiger partial charge in [0.05, 0.1) is 29.8 Å². The van der Waals surface area contributed by atoms with Gasteiger partial charge in [-0.25, -0.2) is 9.37 Å². The molecule has 0 spiro atoms. The summed E-state index contributed by atoms with van der Waals surface area (Å²) in [5, 5.41) is 0.509. The Morgan fingerprint density at radius 2 is 2.18 bits per heavy atom. The summed E-state index contributed by atoms with van der Waals surface area (Å²) in [6.45, 7) is 0. The second kappa shape index (κ2) is 4.67. The van der Waals surface area contributed by atoms with Crippen molar-refractivity contribution in [3.63, 3.8) is 0 Å². The molecular weight excluding hydrogens is 245 g/mol. The first-order chi connectivity index (χ1) is 8.13. The van der Waals surface area contributed by atoms with Crippen LogP contribution in [-0.2, 0) is 16.0 Å². The fourth-order valence-corrected chi connectivity index (χ4v) is 1.79. The molecule has 0 aliphatic carbocycles. The zero-order valence-electron chi connectivity index (χ0n) is 9.04. The minimum absolute atomic E-state index is 0.000509. The van der Waals surface area contributed by atoms with Crippen LogP contribution >= 0.6 is 11.6 Å². The first-order valence-electron chi connectivity index (χ1n) is 4.93. The first-order valence-corrected chi connectivity index (χ1v) is 5.30. The average Bonchev–Trinajstić information content (AvgIpc) is 2.35. The number of para-hydroxylation sites is 1. The van der Waals surface area contributed by atoms with Crippen molar-refractivity contribution in [3.05, 3.63) is 40.8 Å². The van der Waals surface area contributed by atoms with Crippen LogP contribution in [0.2, 0.25) is 5.02 Å². The SMILES string of the molecule is COC(=O)Cc1nc2ccccc2c(Cl)c1F. The summed E-state index contributed by atoms with van der Waals surface area (Å²) in [7, 11) is 1.24. The molecule has 1 heterocycles. The molecule has 0 unspecified atom stereocenters. The van der Waals surface area contributed by atoms with Crippen LogP contribution in [-0.4, -0.2) is 18.1 Å². The Morgan fingerprint density at radius 3 is 2.88 bits per heavy atom. The molecule has 0 aliphatic heterocycles. The van der Waals surface area contributed by atoms with Crippen LogP contribution in [0.4, 0.5) is 4.39 Å². The third-order valence-electron chi connectivity index (χ3n) is 2.38. The van der Waals surface area contributed by atoms with Crippen LogP contribution in [0.25, 0.3) is 10.9 Å². The number of hydrogen-bond acceptors (Lipinski definition) is 3. The summed E-state index contributed by atoms with van der Waals surface area (Å²) >= 11 is 5.89. The van der Waals surface area contributed by atoms with Crippen LogP contribution in [0.15, 0.2) is 24.3 Å². The first kappa shape index (κ1) is 11.8. The zero-order chi connectivity index (χ0) is 12.4. The standard InChI is InChI=1S/C12H9ClFNO2/c1-17-10(16)6-9-12(14)11(13)7-4-2-3-5-8(7)15-9/h2-5H,6H2,1H3. The third-order valence-corrected chi connectivity index (χ3v) is 2.75. The number of esters is 1. The van der Waals surface area contributed by atoms with E-state index in [0.717, 1.165) is 0 Å². The summed E-state index contributed by atoms with van der Waals surface area (Å²) in [4.78, 5) is 15.2. The fourth-order valence-electron chi connectivity index (χ4n) is 1.52. The zero-order valence-corrected chi connectivity index (χ0v) is 9.79. The van der Waals surface area contributed by atoms with E-state index in [1.54, 1.807) is 24.3 Å². The van der Waals surface area contributed by atoms with E-state index in [1.165, 1.54) is 7.11 Å². The van der Waals surface area contributed by atoms with Crippen LogP contribution in [0.1, 0.15) is 5.69 Å². The maximum Gasteiger partial charge on any atom is 0.311 e. The predicted molar refractivity (Wildman–Crippen MR) is 62.4 cm³/mol. The van der Waals surface area contributed by atoms with Gasteiger partial charge in [-0.3, -0.25) is 4.79 Å². The van der Waals surface area contributed by atoms with Crippen molar-refractivity contribution >= 4 is 28.5 Å². The van der Waals surface area contributed by atoms with Crippen LogP contribution in [0, 0.1) is 5.82 Å². The maximum atomic E-state index is 13.8. The van der Waals surface area contributed by atoms with E-state index in [0.29, 0.717) is 10.9 Å². The number of halogens is 2. The Kier molecular flexibility index (Phi) is 3.24. The van der Waals surface area contributed by atoms with Crippen molar-refractivity contribution in [1.29, 1.82) is 0 Å². The summed E-state index contributed by atoms with van der Waals surface area (Å²) < 4.78 is 18.3. The highest BCUT2D eigenvalue weighted by atomic mass is 35.5. The highest BCUT2D eigenvalue weighted by Gasteiger charge is 2.16. The fraction of sp³-hybridized carbons (Fsp3) is 0.167. The van der Waals surface area contributed by atoms with Gasteiger partial charge in [-0.2, -0.15) is 0 Å². The lowest BCUT2D eigenvalue weighted by Crippen LogP contribution is -2.08. The minimum Gasteiger partial charge on any atom is -0.469 e. The predicted octanol–water partition coefficient (Wildman–Crippen LogP) is 2.74. The van der Waals surface area contributed by atoms with Gasteiger partial charge in [0.15, 0.2) is 5.82 Å². The van der Waals surface area contributed by atoms with Crippen molar-refractivity contribution in [3.8, 4) is 0 Å². The van der Waals surface area contributed by atoms with Gasteiger partial charge < -0.3 is 4.74 Å². The van der Waals surface area contributed by atoms with Gasteiger partial charge in [0, 0.05) is 5.39 Å². The van der Waals surface area contributed by atoms with Crippen LogP contribution in [0.3, 0.4) is 0 Å². The van der Waals surface area contributed by atoms with Crippen molar-refractivity contribution in [2.75, 3.05) is 7.11 Å². The average molecular weight is 254 g/mol. The molecule has 17 heavy (non-hydrogen) atoms. The Hall–Kier alpha value is -1.68. The number of fused-ring (bicyclic) bond motifs is 1. The second-order valence-corrected chi connectivity index (χ2v) is 3.83. The number of carbonyl (C=O) groups is 1. The lowest BCUT2D eigenvalue weighted by molar-refractivity contribution is -0.139. The quantitative estimate of drug-likeness (QED) is 0.773. The topological polar surface area (TPSA) is 39.2 Å². The largest absolute Gasteiger partial charge is 0.469 e. The summed E-state index contributed by atoms with van der Waals surface area (Å²) in [5.41, 5.74) is 0.554. The molecule has 2 aromatic rings.